The van der Waals surface area contributed by atoms with Crippen LogP contribution in [0.4, 0.5) is 0 Å². The molecule has 1 aliphatic heterocycles. The number of hydrogen-bond donors (Lipinski definition) is 1. The van der Waals surface area contributed by atoms with Crippen LogP contribution in [-0.4, -0.2) is 50.3 Å². The first-order valence-corrected chi connectivity index (χ1v) is 6.02. The van der Waals surface area contributed by atoms with Crippen LogP contribution in [0.1, 0.15) is 19.8 Å². The molecule has 1 saturated heterocycles. The molecule has 0 radical (unpaired) electrons. The molecule has 3 nitrogen and oxygen atoms in total. The summed E-state index contributed by atoms with van der Waals surface area (Å²) in [6, 6.07) is 0. The van der Waals surface area contributed by atoms with E-state index in [0.29, 0.717) is 6.10 Å². The molecule has 0 unspecified atom stereocenters. The summed E-state index contributed by atoms with van der Waals surface area (Å²) in [6.07, 6.45) is 4.79. The highest BCUT2D eigenvalue weighted by Gasteiger charge is 2.18. The predicted molar refractivity (Wildman–Crippen MR) is 64.2 cm³/mol. The van der Waals surface area contributed by atoms with Crippen molar-refractivity contribution in [2.45, 2.75) is 25.9 Å². The van der Waals surface area contributed by atoms with Gasteiger partial charge in [0.15, 0.2) is 0 Å². The lowest BCUT2D eigenvalue weighted by Crippen LogP contribution is -2.40. The minimum Gasteiger partial charge on any atom is -0.378 e. The van der Waals surface area contributed by atoms with Gasteiger partial charge >= 0.3 is 0 Å². The molecular weight excluding hydrogens is 188 g/mol. The second-order valence-corrected chi connectivity index (χ2v) is 3.99. The van der Waals surface area contributed by atoms with Crippen molar-refractivity contribution >= 4 is 0 Å². The van der Waals surface area contributed by atoms with Gasteiger partial charge in [-0.3, -0.25) is 0 Å². The van der Waals surface area contributed by atoms with E-state index in [-0.39, 0.29) is 0 Å². The number of rotatable bonds is 7. The fourth-order valence-electron chi connectivity index (χ4n) is 1.98. The lowest BCUT2D eigenvalue weighted by molar-refractivity contribution is 0.0146. The van der Waals surface area contributed by atoms with E-state index in [0.717, 1.165) is 26.2 Å². The Bertz CT molecular complexity index is 165. The van der Waals surface area contributed by atoms with Crippen LogP contribution in [0.5, 0.6) is 0 Å². The lowest BCUT2D eigenvalue weighted by Gasteiger charge is -2.31. The first-order valence-electron chi connectivity index (χ1n) is 6.02. The van der Waals surface area contributed by atoms with Gasteiger partial charge in [-0.25, -0.2) is 0 Å². The van der Waals surface area contributed by atoms with Crippen LogP contribution in [0.2, 0.25) is 0 Å². The first kappa shape index (κ1) is 12.7. The molecular formula is C12H24N2O. The second kappa shape index (κ2) is 7.85. The molecule has 15 heavy (non-hydrogen) atoms. The molecule has 3 heteroatoms. The Morgan fingerprint density at radius 3 is 2.80 bits per heavy atom. The molecule has 1 aliphatic rings. The van der Waals surface area contributed by atoms with Crippen molar-refractivity contribution in [1.82, 2.24) is 10.2 Å². The fourth-order valence-corrected chi connectivity index (χ4v) is 1.98. The number of hydrogen-bond acceptors (Lipinski definition) is 3. The number of ether oxygens (including phenoxy) is 1. The van der Waals surface area contributed by atoms with E-state index in [9.17, 15) is 0 Å². The van der Waals surface area contributed by atoms with Crippen molar-refractivity contribution < 1.29 is 4.74 Å². The topological polar surface area (TPSA) is 24.5 Å². The number of piperidine rings is 1. The molecule has 1 rings (SSSR count). The maximum atomic E-state index is 5.62. The van der Waals surface area contributed by atoms with Crippen LogP contribution >= 0.6 is 0 Å². The molecule has 1 fully saturated rings. The maximum absolute atomic E-state index is 5.62. The summed E-state index contributed by atoms with van der Waals surface area (Å²) in [6.45, 7) is 12.1. The van der Waals surface area contributed by atoms with Crippen LogP contribution in [0.15, 0.2) is 12.7 Å². The zero-order valence-electron chi connectivity index (χ0n) is 9.87. The third-order valence-electron chi connectivity index (χ3n) is 2.83. The van der Waals surface area contributed by atoms with E-state index < -0.39 is 0 Å². The Labute approximate surface area is 93.5 Å². The van der Waals surface area contributed by atoms with Gasteiger partial charge in [-0.15, -0.1) is 6.58 Å². The molecule has 0 saturated carbocycles. The van der Waals surface area contributed by atoms with Crippen LogP contribution in [0.25, 0.3) is 0 Å². The minimum absolute atomic E-state index is 0.507. The third-order valence-corrected chi connectivity index (χ3v) is 2.83. The van der Waals surface area contributed by atoms with Crippen LogP contribution in [-0.2, 0) is 4.74 Å². The Kier molecular flexibility index (Phi) is 6.64. The number of likely N-dealkylation sites (tertiary alicyclic amines) is 1. The molecule has 0 aromatic rings. The molecule has 0 atom stereocenters. The lowest BCUT2D eigenvalue weighted by atomic mass is 10.1. The summed E-state index contributed by atoms with van der Waals surface area (Å²) >= 11 is 0. The highest BCUT2D eigenvalue weighted by atomic mass is 16.5. The summed E-state index contributed by atoms with van der Waals surface area (Å²) in [5.74, 6) is 0. The Morgan fingerprint density at radius 2 is 2.20 bits per heavy atom. The van der Waals surface area contributed by atoms with Crippen molar-refractivity contribution in [3.8, 4) is 0 Å². The Hall–Kier alpha value is -0.380. The zero-order chi connectivity index (χ0) is 10.9. The third kappa shape index (κ3) is 5.30. The first-order chi connectivity index (χ1) is 7.36. The van der Waals surface area contributed by atoms with Gasteiger partial charge in [0.05, 0.1) is 6.10 Å². The average Bonchev–Trinajstić information content (AvgIpc) is 2.27. The largest absolute Gasteiger partial charge is 0.378 e. The van der Waals surface area contributed by atoms with E-state index in [1.54, 1.807) is 0 Å². The maximum Gasteiger partial charge on any atom is 0.0599 e. The quantitative estimate of drug-likeness (QED) is 0.508. The SMILES string of the molecule is C=CCNCCN1CCC(OCC)CC1. The molecule has 0 amide bonds. The van der Waals surface area contributed by atoms with Gasteiger partial charge in [-0.1, -0.05) is 6.08 Å². The van der Waals surface area contributed by atoms with Gasteiger partial charge in [-0.2, -0.15) is 0 Å². The van der Waals surface area contributed by atoms with E-state index >= 15 is 0 Å². The summed E-state index contributed by atoms with van der Waals surface area (Å²) in [7, 11) is 0. The zero-order valence-corrected chi connectivity index (χ0v) is 9.87. The van der Waals surface area contributed by atoms with E-state index in [1.165, 1.54) is 25.9 Å². The van der Waals surface area contributed by atoms with Crippen molar-refractivity contribution in [1.29, 1.82) is 0 Å². The monoisotopic (exact) mass is 212 g/mol. The highest BCUT2D eigenvalue weighted by Crippen LogP contribution is 2.12. The summed E-state index contributed by atoms with van der Waals surface area (Å²) < 4.78 is 5.62. The fraction of sp³-hybridized carbons (Fsp3) is 0.833. The molecule has 88 valence electrons. The van der Waals surface area contributed by atoms with E-state index in [2.05, 4.69) is 23.7 Å². The molecule has 0 spiro atoms. The summed E-state index contributed by atoms with van der Waals surface area (Å²) in [5, 5.41) is 3.33. The van der Waals surface area contributed by atoms with Crippen molar-refractivity contribution in [2.75, 3.05) is 39.3 Å². The molecule has 0 aliphatic carbocycles. The Morgan fingerprint density at radius 1 is 1.47 bits per heavy atom. The molecule has 1 N–H and O–H groups in total. The number of nitrogens with zero attached hydrogens (tertiary/aromatic N) is 1. The van der Waals surface area contributed by atoms with Gasteiger partial charge < -0.3 is 15.0 Å². The van der Waals surface area contributed by atoms with Gasteiger partial charge in [-0.05, 0) is 19.8 Å². The van der Waals surface area contributed by atoms with Crippen molar-refractivity contribution in [3.05, 3.63) is 12.7 Å². The molecule has 0 bridgehead atoms. The van der Waals surface area contributed by atoms with E-state index in [4.69, 9.17) is 4.74 Å². The van der Waals surface area contributed by atoms with Crippen LogP contribution < -0.4 is 5.32 Å². The van der Waals surface area contributed by atoms with Crippen LogP contribution in [0, 0.1) is 0 Å². The normalized spacial score (nSPS) is 19.3. The second-order valence-electron chi connectivity index (χ2n) is 3.99. The molecule has 0 aromatic heterocycles. The summed E-state index contributed by atoms with van der Waals surface area (Å²) in [4.78, 5) is 2.51. The molecule has 0 aromatic carbocycles. The van der Waals surface area contributed by atoms with Gasteiger partial charge in [0.1, 0.15) is 0 Å². The number of nitrogens with one attached hydrogen (secondary N) is 1. The van der Waals surface area contributed by atoms with Crippen molar-refractivity contribution in [2.24, 2.45) is 0 Å². The van der Waals surface area contributed by atoms with E-state index in [1.807, 2.05) is 6.08 Å². The van der Waals surface area contributed by atoms with Crippen LogP contribution in [0.3, 0.4) is 0 Å². The van der Waals surface area contributed by atoms with Gasteiger partial charge in [0.25, 0.3) is 0 Å². The standard InChI is InChI=1S/C12H24N2O/c1-3-7-13-8-11-14-9-5-12(6-10-14)15-4-2/h3,12-13H,1,4-11H2,2H3. The van der Waals surface area contributed by atoms with Crippen molar-refractivity contribution in [3.63, 3.8) is 0 Å². The summed E-state index contributed by atoms with van der Waals surface area (Å²) in [5.41, 5.74) is 0. The Balaban J connectivity index is 2.01. The predicted octanol–water partition coefficient (Wildman–Crippen LogP) is 1.26. The molecule has 1 heterocycles. The van der Waals surface area contributed by atoms with Gasteiger partial charge in [0.2, 0.25) is 0 Å². The highest BCUT2D eigenvalue weighted by molar-refractivity contribution is 4.74. The smallest absolute Gasteiger partial charge is 0.0599 e. The minimum atomic E-state index is 0.507. The van der Waals surface area contributed by atoms with Gasteiger partial charge in [0, 0.05) is 39.3 Å². The average molecular weight is 212 g/mol.